The quantitative estimate of drug-likeness (QED) is 0.651. The Morgan fingerprint density at radius 2 is 1.90 bits per heavy atom. The van der Waals surface area contributed by atoms with Crippen molar-refractivity contribution >= 4 is 10.2 Å². The topological polar surface area (TPSA) is 81.7 Å². The van der Waals surface area contributed by atoms with Gasteiger partial charge in [-0.05, 0) is 12.0 Å². The van der Waals surface area contributed by atoms with Gasteiger partial charge in [0, 0.05) is 26.2 Å². The number of nitrogens with zero attached hydrogens (tertiary/aromatic N) is 1. The molecule has 3 N–H and O–H groups in total. The number of piperazine rings is 1. The van der Waals surface area contributed by atoms with Crippen LogP contribution in [0.2, 0.25) is 0 Å². The van der Waals surface area contributed by atoms with Gasteiger partial charge in [0.1, 0.15) is 0 Å². The molecule has 7 heteroatoms. The average molecular weight is 299 g/mol. The SMILES string of the molecule is O=S(=O)(N[C@@H](CO)Cc1ccccc1)N1CCNCC1. The van der Waals surface area contributed by atoms with Crippen molar-refractivity contribution in [3.05, 3.63) is 35.9 Å². The van der Waals surface area contributed by atoms with Gasteiger partial charge in [-0.25, -0.2) is 0 Å². The summed E-state index contributed by atoms with van der Waals surface area (Å²) in [4.78, 5) is 0. The van der Waals surface area contributed by atoms with Crippen LogP contribution >= 0.6 is 0 Å². The first-order valence-electron chi connectivity index (χ1n) is 6.75. The van der Waals surface area contributed by atoms with Gasteiger partial charge in [0.05, 0.1) is 12.6 Å². The van der Waals surface area contributed by atoms with Crippen molar-refractivity contribution in [3.63, 3.8) is 0 Å². The van der Waals surface area contributed by atoms with Crippen molar-refractivity contribution in [2.24, 2.45) is 0 Å². The summed E-state index contributed by atoms with van der Waals surface area (Å²) >= 11 is 0. The number of rotatable bonds is 6. The van der Waals surface area contributed by atoms with E-state index in [1.807, 2.05) is 30.3 Å². The summed E-state index contributed by atoms with van der Waals surface area (Å²) in [6.07, 6.45) is 0.475. The second-order valence-corrected chi connectivity index (χ2v) is 6.54. The molecule has 0 aromatic heterocycles. The second-order valence-electron chi connectivity index (χ2n) is 4.84. The zero-order valence-corrected chi connectivity index (χ0v) is 12.1. The zero-order valence-electron chi connectivity index (χ0n) is 11.3. The average Bonchev–Trinajstić information content (AvgIpc) is 2.48. The number of aliphatic hydroxyl groups is 1. The van der Waals surface area contributed by atoms with Crippen molar-refractivity contribution in [2.75, 3.05) is 32.8 Å². The molecule has 2 rings (SSSR count). The van der Waals surface area contributed by atoms with E-state index in [1.54, 1.807) is 0 Å². The van der Waals surface area contributed by atoms with E-state index in [2.05, 4.69) is 10.0 Å². The maximum absolute atomic E-state index is 12.2. The Morgan fingerprint density at radius 1 is 1.25 bits per heavy atom. The van der Waals surface area contributed by atoms with Gasteiger partial charge in [-0.3, -0.25) is 0 Å². The third-order valence-electron chi connectivity index (χ3n) is 3.28. The van der Waals surface area contributed by atoms with E-state index in [1.165, 1.54) is 4.31 Å². The van der Waals surface area contributed by atoms with E-state index in [0.29, 0.717) is 32.6 Å². The van der Waals surface area contributed by atoms with Gasteiger partial charge < -0.3 is 10.4 Å². The lowest BCUT2D eigenvalue weighted by atomic mass is 10.1. The standard InChI is InChI=1S/C13H21N3O3S/c17-11-13(10-12-4-2-1-3-5-12)15-20(18,19)16-8-6-14-7-9-16/h1-5,13-15,17H,6-11H2/t13-/m1/s1. The molecule has 0 bridgehead atoms. The summed E-state index contributed by atoms with van der Waals surface area (Å²) in [5, 5.41) is 12.5. The Kier molecular flexibility index (Phi) is 5.50. The van der Waals surface area contributed by atoms with Crippen LogP contribution in [0, 0.1) is 0 Å². The first-order chi connectivity index (χ1) is 9.62. The monoisotopic (exact) mass is 299 g/mol. The number of benzene rings is 1. The Labute approximate surface area is 120 Å². The lowest BCUT2D eigenvalue weighted by Crippen LogP contribution is -2.53. The van der Waals surface area contributed by atoms with Gasteiger partial charge in [-0.15, -0.1) is 0 Å². The number of nitrogens with one attached hydrogen (secondary N) is 2. The van der Waals surface area contributed by atoms with Crippen molar-refractivity contribution in [2.45, 2.75) is 12.5 Å². The fourth-order valence-corrected chi connectivity index (χ4v) is 3.60. The summed E-state index contributed by atoms with van der Waals surface area (Å²) in [6, 6.07) is 9.03. The van der Waals surface area contributed by atoms with Crippen molar-refractivity contribution in [1.82, 2.24) is 14.3 Å². The van der Waals surface area contributed by atoms with Crippen molar-refractivity contribution in [3.8, 4) is 0 Å². The number of aliphatic hydroxyl groups excluding tert-OH is 1. The molecule has 1 fully saturated rings. The molecule has 0 radical (unpaired) electrons. The molecule has 112 valence electrons. The van der Waals surface area contributed by atoms with Crippen LogP contribution in [0.3, 0.4) is 0 Å². The normalized spacial score (nSPS) is 18.9. The van der Waals surface area contributed by atoms with E-state index >= 15 is 0 Å². The van der Waals surface area contributed by atoms with Crippen LogP contribution in [0.5, 0.6) is 0 Å². The molecule has 6 nitrogen and oxygen atoms in total. The zero-order chi connectivity index (χ0) is 14.4. The number of hydrogen-bond acceptors (Lipinski definition) is 4. The van der Waals surface area contributed by atoms with Crippen LogP contribution in [0.1, 0.15) is 5.56 Å². The lowest BCUT2D eigenvalue weighted by Gasteiger charge is -2.28. The van der Waals surface area contributed by atoms with Crippen LogP contribution in [0.4, 0.5) is 0 Å². The smallest absolute Gasteiger partial charge is 0.279 e. The van der Waals surface area contributed by atoms with Crippen molar-refractivity contribution < 1.29 is 13.5 Å². The number of hydrogen-bond donors (Lipinski definition) is 3. The summed E-state index contributed by atoms with van der Waals surface area (Å²) in [5.41, 5.74) is 0.995. The highest BCUT2D eigenvalue weighted by Gasteiger charge is 2.26. The maximum atomic E-state index is 12.2. The van der Waals surface area contributed by atoms with E-state index in [4.69, 9.17) is 0 Å². The molecule has 0 spiro atoms. The largest absolute Gasteiger partial charge is 0.395 e. The highest BCUT2D eigenvalue weighted by molar-refractivity contribution is 7.87. The summed E-state index contributed by atoms with van der Waals surface area (Å²) in [5.74, 6) is 0. The molecule has 0 unspecified atom stereocenters. The minimum Gasteiger partial charge on any atom is -0.395 e. The predicted octanol–water partition coefficient (Wildman–Crippen LogP) is -0.670. The van der Waals surface area contributed by atoms with Crippen LogP contribution in [-0.2, 0) is 16.6 Å². The van der Waals surface area contributed by atoms with Crippen LogP contribution in [0.25, 0.3) is 0 Å². The van der Waals surface area contributed by atoms with E-state index in [9.17, 15) is 13.5 Å². The Balaban J connectivity index is 1.98. The second kappa shape index (κ2) is 7.14. The summed E-state index contributed by atoms with van der Waals surface area (Å²) in [6.45, 7) is 2.00. The van der Waals surface area contributed by atoms with E-state index in [-0.39, 0.29) is 6.61 Å². The summed E-state index contributed by atoms with van der Waals surface area (Å²) < 4.78 is 28.4. The van der Waals surface area contributed by atoms with Crippen LogP contribution < -0.4 is 10.0 Å². The minimum atomic E-state index is -3.53. The molecule has 1 saturated heterocycles. The van der Waals surface area contributed by atoms with Crippen LogP contribution in [0.15, 0.2) is 30.3 Å². The molecule has 1 aliphatic heterocycles. The van der Waals surface area contributed by atoms with Crippen molar-refractivity contribution in [1.29, 1.82) is 0 Å². The third kappa shape index (κ3) is 4.26. The van der Waals surface area contributed by atoms with Gasteiger partial charge in [0.25, 0.3) is 10.2 Å². The van der Waals surface area contributed by atoms with E-state index in [0.717, 1.165) is 5.56 Å². The molecule has 0 saturated carbocycles. The molecular weight excluding hydrogens is 278 g/mol. The maximum Gasteiger partial charge on any atom is 0.279 e. The van der Waals surface area contributed by atoms with Gasteiger partial charge in [0.2, 0.25) is 0 Å². The highest BCUT2D eigenvalue weighted by atomic mass is 32.2. The van der Waals surface area contributed by atoms with Gasteiger partial charge in [-0.2, -0.15) is 17.4 Å². The molecule has 0 aliphatic carbocycles. The molecule has 1 aromatic rings. The minimum absolute atomic E-state index is 0.222. The molecule has 1 aliphatic rings. The molecular formula is C13H21N3O3S. The highest BCUT2D eigenvalue weighted by Crippen LogP contribution is 2.06. The third-order valence-corrected chi connectivity index (χ3v) is 4.95. The molecule has 1 aromatic carbocycles. The van der Waals surface area contributed by atoms with Gasteiger partial charge >= 0.3 is 0 Å². The van der Waals surface area contributed by atoms with Gasteiger partial charge in [-0.1, -0.05) is 30.3 Å². The molecule has 0 amide bonds. The molecule has 1 atom stereocenters. The van der Waals surface area contributed by atoms with Crippen LogP contribution in [-0.4, -0.2) is 56.7 Å². The molecule has 20 heavy (non-hydrogen) atoms. The van der Waals surface area contributed by atoms with E-state index < -0.39 is 16.3 Å². The predicted molar refractivity (Wildman–Crippen MR) is 77.5 cm³/mol. The first-order valence-corrected chi connectivity index (χ1v) is 8.19. The molecule has 1 heterocycles. The first kappa shape index (κ1) is 15.4. The Hall–Kier alpha value is -0.990. The fraction of sp³-hybridized carbons (Fsp3) is 0.538. The van der Waals surface area contributed by atoms with Gasteiger partial charge in [0.15, 0.2) is 0 Å². The summed E-state index contributed by atoms with van der Waals surface area (Å²) in [7, 11) is -3.53. The fourth-order valence-electron chi connectivity index (χ4n) is 2.21. The Bertz CT molecular complexity index is 501. The Morgan fingerprint density at radius 3 is 2.50 bits per heavy atom. The lowest BCUT2D eigenvalue weighted by molar-refractivity contribution is 0.252.